The predicted molar refractivity (Wildman–Crippen MR) is 75.1 cm³/mol. The van der Waals surface area contributed by atoms with Crippen molar-refractivity contribution >= 4 is 39.1 Å². The quantitative estimate of drug-likeness (QED) is 0.511. The van der Waals surface area contributed by atoms with Crippen LogP contribution in [0.2, 0.25) is 0 Å². The number of ether oxygens (including phenoxy) is 1. The van der Waals surface area contributed by atoms with Gasteiger partial charge in [0.2, 0.25) is 0 Å². The maximum Gasteiger partial charge on any atom is 0.0846 e. The lowest BCUT2D eigenvalue weighted by Crippen LogP contribution is -2.29. The third-order valence-corrected chi connectivity index (χ3v) is 5.15. The zero-order valence-corrected chi connectivity index (χ0v) is 12.7. The third kappa shape index (κ3) is 5.57. The van der Waals surface area contributed by atoms with Crippen LogP contribution in [-0.4, -0.2) is 29.3 Å². The average molecular weight is 332 g/mol. The maximum atomic E-state index is 5.88. The fraction of sp³-hybridized carbons (Fsp3) is 1.00. The highest BCUT2D eigenvalue weighted by Gasteiger charge is 2.20. The van der Waals surface area contributed by atoms with Gasteiger partial charge in [0.05, 0.1) is 10.9 Å². The molecule has 1 fully saturated rings. The Morgan fingerprint density at radius 1 is 1.06 bits per heavy atom. The van der Waals surface area contributed by atoms with Gasteiger partial charge in [0, 0.05) is 18.4 Å². The van der Waals surface area contributed by atoms with Crippen molar-refractivity contribution in [2.75, 3.05) is 18.4 Å². The first kappa shape index (κ1) is 15.1. The van der Waals surface area contributed by atoms with Crippen LogP contribution in [-0.2, 0) is 4.74 Å². The lowest BCUT2D eigenvalue weighted by atomic mass is 10.0. The third-order valence-electron chi connectivity index (χ3n) is 3.22. The number of halogens is 3. The van der Waals surface area contributed by atoms with Crippen molar-refractivity contribution in [1.29, 1.82) is 0 Å². The van der Waals surface area contributed by atoms with Crippen LogP contribution >= 0.6 is 39.1 Å². The molecule has 1 saturated carbocycles. The minimum absolute atomic E-state index is 0.0439. The van der Waals surface area contributed by atoms with E-state index in [9.17, 15) is 0 Å². The van der Waals surface area contributed by atoms with E-state index in [0.29, 0.717) is 11.8 Å². The fourth-order valence-corrected chi connectivity index (χ4v) is 3.19. The first-order chi connectivity index (χ1) is 7.77. The minimum Gasteiger partial charge on any atom is -0.375 e. The van der Waals surface area contributed by atoms with Crippen LogP contribution in [0.1, 0.15) is 38.5 Å². The largest absolute Gasteiger partial charge is 0.375 e. The van der Waals surface area contributed by atoms with E-state index in [1.807, 2.05) is 0 Å². The van der Waals surface area contributed by atoms with Gasteiger partial charge in [-0.05, 0) is 18.8 Å². The van der Waals surface area contributed by atoms with Crippen LogP contribution in [0.5, 0.6) is 0 Å². The van der Waals surface area contributed by atoms with Crippen molar-refractivity contribution < 1.29 is 4.74 Å². The second-order valence-electron chi connectivity index (χ2n) is 4.55. The lowest BCUT2D eigenvalue weighted by molar-refractivity contribution is 0.0411. The molecule has 0 aliphatic heterocycles. The molecule has 0 heterocycles. The Morgan fingerprint density at radius 3 is 2.19 bits per heavy atom. The van der Waals surface area contributed by atoms with Crippen molar-refractivity contribution in [3.05, 3.63) is 0 Å². The molecule has 0 aromatic rings. The van der Waals surface area contributed by atoms with Gasteiger partial charge in [-0.15, -0.1) is 23.2 Å². The fourth-order valence-electron chi connectivity index (χ4n) is 2.14. The van der Waals surface area contributed by atoms with E-state index >= 15 is 0 Å². The van der Waals surface area contributed by atoms with Crippen molar-refractivity contribution in [2.45, 2.75) is 49.5 Å². The van der Waals surface area contributed by atoms with Crippen LogP contribution < -0.4 is 0 Å². The van der Waals surface area contributed by atoms with Gasteiger partial charge in [-0.25, -0.2) is 0 Å². The first-order valence-electron chi connectivity index (χ1n) is 6.15. The molecule has 16 heavy (non-hydrogen) atoms. The highest BCUT2D eigenvalue weighted by Crippen LogP contribution is 2.24. The van der Waals surface area contributed by atoms with E-state index in [4.69, 9.17) is 27.9 Å². The average Bonchev–Trinajstić information content (AvgIpc) is 2.58. The van der Waals surface area contributed by atoms with Crippen molar-refractivity contribution in [1.82, 2.24) is 0 Å². The molecule has 4 heteroatoms. The first-order valence-corrected chi connectivity index (χ1v) is 8.14. The number of rotatable bonds is 6. The molecule has 0 radical (unpaired) electrons. The van der Waals surface area contributed by atoms with E-state index < -0.39 is 0 Å². The lowest BCUT2D eigenvalue weighted by Gasteiger charge is -2.22. The number of hydrogen-bond acceptors (Lipinski definition) is 1. The molecule has 1 rings (SSSR count). The summed E-state index contributed by atoms with van der Waals surface area (Å²) in [6.45, 7) is 0.844. The summed E-state index contributed by atoms with van der Waals surface area (Å²) < 4.78 is 5.88. The Bertz CT molecular complexity index is 172. The predicted octanol–water partition coefficient (Wildman–Crippen LogP) is 4.58. The molecule has 0 bridgehead atoms. The normalized spacial score (nSPS) is 22.7. The smallest absolute Gasteiger partial charge is 0.0846 e. The van der Waals surface area contributed by atoms with Crippen LogP contribution in [0.25, 0.3) is 0 Å². The molecule has 1 aliphatic rings. The van der Waals surface area contributed by atoms with Gasteiger partial charge >= 0.3 is 0 Å². The standard InChI is InChI=1S/C12H21BrCl2O/c13-11(7-14)12(8-15)16-9-10-5-3-1-2-4-6-10/h10-12H,1-9H2. The molecule has 0 aromatic heterocycles. The minimum atomic E-state index is 0.0439. The van der Waals surface area contributed by atoms with Crippen molar-refractivity contribution in [2.24, 2.45) is 5.92 Å². The van der Waals surface area contributed by atoms with Crippen molar-refractivity contribution in [3.63, 3.8) is 0 Å². The maximum absolute atomic E-state index is 5.88. The van der Waals surface area contributed by atoms with Crippen molar-refractivity contribution in [3.8, 4) is 0 Å². The van der Waals surface area contributed by atoms with E-state index in [2.05, 4.69) is 15.9 Å². The van der Waals surface area contributed by atoms with Gasteiger partial charge < -0.3 is 4.74 Å². The Morgan fingerprint density at radius 2 is 1.69 bits per heavy atom. The van der Waals surface area contributed by atoms with E-state index in [1.165, 1.54) is 38.5 Å². The number of hydrogen-bond donors (Lipinski definition) is 0. The van der Waals surface area contributed by atoms with Crippen LogP contribution in [0.3, 0.4) is 0 Å². The molecule has 2 unspecified atom stereocenters. The van der Waals surface area contributed by atoms with E-state index in [1.54, 1.807) is 0 Å². The zero-order valence-electron chi connectivity index (χ0n) is 9.64. The van der Waals surface area contributed by atoms with Gasteiger partial charge in [0.25, 0.3) is 0 Å². The summed E-state index contributed by atoms with van der Waals surface area (Å²) in [5, 5.41) is 0. The molecule has 1 aliphatic carbocycles. The van der Waals surface area contributed by atoms with Crippen LogP contribution in [0, 0.1) is 5.92 Å². The van der Waals surface area contributed by atoms with Gasteiger partial charge in [0.1, 0.15) is 0 Å². The molecule has 2 atom stereocenters. The molecule has 0 amide bonds. The highest BCUT2D eigenvalue weighted by molar-refractivity contribution is 9.09. The van der Waals surface area contributed by atoms with Gasteiger partial charge in [-0.3, -0.25) is 0 Å². The molecular formula is C12H21BrCl2O. The SMILES string of the molecule is ClCC(Br)C(CCl)OCC1CCCCCC1. The monoisotopic (exact) mass is 330 g/mol. The molecule has 0 aromatic carbocycles. The summed E-state index contributed by atoms with van der Waals surface area (Å²) in [5.74, 6) is 1.78. The molecular weight excluding hydrogens is 311 g/mol. The Labute approximate surface area is 117 Å². The summed E-state index contributed by atoms with van der Waals surface area (Å²) in [6.07, 6.45) is 8.14. The van der Waals surface area contributed by atoms with Gasteiger partial charge in [-0.2, -0.15) is 0 Å². The van der Waals surface area contributed by atoms with Gasteiger partial charge in [-0.1, -0.05) is 41.6 Å². The van der Waals surface area contributed by atoms with E-state index in [-0.39, 0.29) is 10.9 Å². The molecule has 0 spiro atoms. The zero-order chi connectivity index (χ0) is 11.8. The highest BCUT2D eigenvalue weighted by atomic mass is 79.9. The van der Waals surface area contributed by atoms with Crippen LogP contribution in [0.4, 0.5) is 0 Å². The Hall–Kier alpha value is 1.02. The summed E-state index contributed by atoms with van der Waals surface area (Å²) in [6, 6.07) is 0. The summed E-state index contributed by atoms with van der Waals surface area (Å²) in [7, 11) is 0. The summed E-state index contributed by atoms with van der Waals surface area (Å²) in [5.41, 5.74) is 0. The van der Waals surface area contributed by atoms with Gasteiger partial charge in [0.15, 0.2) is 0 Å². The van der Waals surface area contributed by atoms with E-state index in [0.717, 1.165) is 12.5 Å². The molecule has 0 saturated heterocycles. The second kappa shape index (κ2) is 9.02. The molecule has 96 valence electrons. The Kier molecular flexibility index (Phi) is 8.50. The summed E-state index contributed by atoms with van der Waals surface area (Å²) in [4.78, 5) is 0.164. The topological polar surface area (TPSA) is 9.23 Å². The van der Waals surface area contributed by atoms with Crippen LogP contribution in [0.15, 0.2) is 0 Å². The molecule has 1 nitrogen and oxygen atoms in total. The summed E-state index contributed by atoms with van der Waals surface area (Å²) >= 11 is 15.2. The molecule has 0 N–H and O–H groups in total. The Balaban J connectivity index is 2.24. The number of alkyl halides is 3. The second-order valence-corrected chi connectivity index (χ2v) is 6.35.